The number of rotatable bonds is 5. The van der Waals surface area contributed by atoms with Crippen molar-refractivity contribution >= 4 is 11.7 Å². The summed E-state index contributed by atoms with van der Waals surface area (Å²) in [7, 11) is 4.02. The number of hydroxylamine groups is 2. The molecule has 0 N–H and O–H groups in total. The van der Waals surface area contributed by atoms with Crippen LogP contribution in [0, 0.1) is 0 Å². The van der Waals surface area contributed by atoms with Gasteiger partial charge in [0.1, 0.15) is 0 Å². The fraction of sp³-hybridized carbons (Fsp3) is 0.500. The molecule has 0 saturated carbocycles. The molecule has 0 radical (unpaired) electrons. The number of hydrogen-bond acceptors (Lipinski definition) is 4. The van der Waals surface area contributed by atoms with Gasteiger partial charge >= 0.3 is 5.97 Å². The van der Waals surface area contributed by atoms with E-state index < -0.39 is 0 Å². The van der Waals surface area contributed by atoms with Gasteiger partial charge in [-0.3, -0.25) is 4.79 Å². The molecule has 0 aliphatic heterocycles. The minimum atomic E-state index is -0.284. The van der Waals surface area contributed by atoms with Crippen LogP contribution in [0.25, 0.3) is 0 Å². The Morgan fingerprint density at radius 3 is 2.17 bits per heavy atom. The van der Waals surface area contributed by atoms with Crippen LogP contribution < -0.4 is 4.90 Å². The second-order valence-electron chi connectivity index (χ2n) is 4.81. The maximum Gasteiger partial charge on any atom is 0.322 e. The molecule has 0 unspecified atom stereocenters. The van der Waals surface area contributed by atoms with Crippen LogP contribution in [0.1, 0.15) is 26.3 Å². The summed E-state index contributed by atoms with van der Waals surface area (Å²) in [6, 6.07) is 8.37. The van der Waals surface area contributed by atoms with Gasteiger partial charge in [0, 0.05) is 32.7 Å². The van der Waals surface area contributed by atoms with Crippen LogP contribution in [-0.4, -0.2) is 31.2 Å². The lowest BCUT2D eigenvalue weighted by Crippen LogP contribution is -2.32. The first-order valence-corrected chi connectivity index (χ1v) is 6.11. The van der Waals surface area contributed by atoms with Gasteiger partial charge < -0.3 is 9.74 Å². The van der Waals surface area contributed by atoms with Crippen LogP contribution in [0.2, 0.25) is 0 Å². The summed E-state index contributed by atoms with van der Waals surface area (Å²) < 4.78 is 0. The fourth-order valence-corrected chi connectivity index (χ4v) is 1.56. The SMILES string of the molecule is CC(=O)ON(Cc1ccc(N(C)C)cc1)C(C)C. The second kappa shape index (κ2) is 6.40. The molecule has 1 aromatic rings. The lowest BCUT2D eigenvalue weighted by Gasteiger charge is -2.24. The summed E-state index contributed by atoms with van der Waals surface area (Å²) in [6.45, 7) is 6.02. The molecule has 0 spiro atoms. The van der Waals surface area contributed by atoms with Crippen molar-refractivity contribution in [3.63, 3.8) is 0 Å². The maximum atomic E-state index is 11.0. The normalized spacial score (nSPS) is 10.8. The van der Waals surface area contributed by atoms with Crippen molar-refractivity contribution in [1.29, 1.82) is 0 Å². The molecule has 100 valence electrons. The summed E-state index contributed by atoms with van der Waals surface area (Å²) in [5.41, 5.74) is 2.28. The van der Waals surface area contributed by atoms with Gasteiger partial charge in [0.2, 0.25) is 0 Å². The Morgan fingerprint density at radius 2 is 1.78 bits per heavy atom. The predicted molar refractivity (Wildman–Crippen MR) is 73.2 cm³/mol. The zero-order valence-electron chi connectivity index (χ0n) is 11.8. The smallest absolute Gasteiger partial charge is 0.322 e. The zero-order valence-corrected chi connectivity index (χ0v) is 11.8. The van der Waals surface area contributed by atoms with Crippen LogP contribution in [0.3, 0.4) is 0 Å². The second-order valence-corrected chi connectivity index (χ2v) is 4.81. The Kier molecular flexibility index (Phi) is 5.16. The number of hydrogen-bond donors (Lipinski definition) is 0. The van der Waals surface area contributed by atoms with Gasteiger partial charge in [-0.25, -0.2) is 0 Å². The lowest BCUT2D eigenvalue weighted by atomic mass is 10.2. The summed E-state index contributed by atoms with van der Waals surface area (Å²) >= 11 is 0. The third-order valence-electron chi connectivity index (χ3n) is 2.61. The standard InChI is InChI=1S/C14H22N2O2/c1-11(2)16(18-12(3)17)10-13-6-8-14(9-7-13)15(4)5/h6-9,11H,10H2,1-5H3. The monoisotopic (exact) mass is 250 g/mol. The molecule has 1 rings (SSSR count). The maximum absolute atomic E-state index is 11.0. The molecule has 4 heteroatoms. The van der Waals surface area contributed by atoms with Crippen molar-refractivity contribution in [3.8, 4) is 0 Å². The molecule has 4 nitrogen and oxygen atoms in total. The highest BCUT2D eigenvalue weighted by atomic mass is 16.7. The van der Waals surface area contributed by atoms with E-state index in [4.69, 9.17) is 4.84 Å². The van der Waals surface area contributed by atoms with Gasteiger partial charge in [0.15, 0.2) is 0 Å². The topological polar surface area (TPSA) is 32.8 Å². The number of anilines is 1. The largest absolute Gasteiger partial charge is 0.378 e. The van der Waals surface area contributed by atoms with Crippen LogP contribution in [-0.2, 0) is 16.2 Å². The molecule has 0 aromatic heterocycles. The van der Waals surface area contributed by atoms with Crippen molar-refractivity contribution in [3.05, 3.63) is 29.8 Å². The summed E-state index contributed by atoms with van der Waals surface area (Å²) in [5.74, 6) is -0.284. The molecule has 0 saturated heterocycles. The van der Waals surface area contributed by atoms with Crippen LogP contribution >= 0.6 is 0 Å². The molecule has 0 aliphatic carbocycles. The van der Waals surface area contributed by atoms with Gasteiger partial charge in [-0.15, -0.1) is 5.06 Å². The molecule has 0 amide bonds. The van der Waals surface area contributed by atoms with Gasteiger partial charge in [0.25, 0.3) is 0 Å². The molecule has 18 heavy (non-hydrogen) atoms. The van der Waals surface area contributed by atoms with E-state index in [9.17, 15) is 4.79 Å². The highest BCUT2D eigenvalue weighted by Crippen LogP contribution is 2.15. The Balaban J connectivity index is 2.72. The van der Waals surface area contributed by atoms with Crippen molar-refractivity contribution in [1.82, 2.24) is 5.06 Å². The molecular weight excluding hydrogens is 228 g/mol. The molecule has 1 aromatic carbocycles. The van der Waals surface area contributed by atoms with E-state index in [1.54, 1.807) is 5.06 Å². The minimum absolute atomic E-state index is 0.155. The van der Waals surface area contributed by atoms with Gasteiger partial charge in [0.05, 0.1) is 6.54 Å². The number of carbonyl (C=O) groups is 1. The Hall–Kier alpha value is -1.55. The van der Waals surface area contributed by atoms with Gasteiger partial charge in [-0.1, -0.05) is 12.1 Å². The summed E-state index contributed by atoms with van der Waals surface area (Å²) in [5, 5.41) is 1.69. The first-order chi connectivity index (χ1) is 8.40. The molecular formula is C14H22N2O2. The highest BCUT2D eigenvalue weighted by Gasteiger charge is 2.13. The van der Waals surface area contributed by atoms with E-state index >= 15 is 0 Å². The number of nitrogens with zero attached hydrogens (tertiary/aromatic N) is 2. The molecule has 0 bridgehead atoms. The van der Waals surface area contributed by atoms with E-state index in [-0.39, 0.29) is 12.0 Å². The molecule has 0 aliphatic rings. The average Bonchev–Trinajstić information content (AvgIpc) is 2.28. The quantitative estimate of drug-likeness (QED) is 0.751. The first kappa shape index (κ1) is 14.5. The predicted octanol–water partition coefficient (Wildman–Crippen LogP) is 2.44. The fourth-order valence-electron chi connectivity index (χ4n) is 1.56. The van der Waals surface area contributed by atoms with Gasteiger partial charge in [-0.2, -0.15) is 0 Å². The van der Waals surface area contributed by atoms with Crippen molar-refractivity contribution in [2.75, 3.05) is 19.0 Å². The van der Waals surface area contributed by atoms with Crippen LogP contribution in [0.15, 0.2) is 24.3 Å². The van der Waals surface area contributed by atoms with Crippen LogP contribution in [0.5, 0.6) is 0 Å². The number of carbonyl (C=O) groups excluding carboxylic acids is 1. The average molecular weight is 250 g/mol. The Morgan fingerprint density at radius 1 is 1.22 bits per heavy atom. The van der Waals surface area contributed by atoms with E-state index in [2.05, 4.69) is 17.0 Å². The Labute approximate surface area is 109 Å². The van der Waals surface area contributed by atoms with Crippen LogP contribution in [0.4, 0.5) is 5.69 Å². The highest BCUT2D eigenvalue weighted by molar-refractivity contribution is 5.65. The van der Waals surface area contributed by atoms with Crippen molar-refractivity contribution < 1.29 is 9.63 Å². The Bertz CT molecular complexity index is 385. The molecule has 0 atom stereocenters. The lowest BCUT2D eigenvalue weighted by molar-refractivity contribution is -0.200. The molecule has 0 fully saturated rings. The van der Waals surface area contributed by atoms with Crippen molar-refractivity contribution in [2.24, 2.45) is 0 Å². The number of benzene rings is 1. The third kappa shape index (κ3) is 4.37. The third-order valence-corrected chi connectivity index (χ3v) is 2.61. The molecule has 0 heterocycles. The zero-order chi connectivity index (χ0) is 13.7. The van der Waals surface area contributed by atoms with E-state index in [1.807, 2.05) is 40.1 Å². The first-order valence-electron chi connectivity index (χ1n) is 6.11. The van der Waals surface area contributed by atoms with E-state index in [0.717, 1.165) is 11.3 Å². The van der Waals surface area contributed by atoms with Gasteiger partial charge in [-0.05, 0) is 31.5 Å². The summed E-state index contributed by atoms with van der Waals surface area (Å²) in [4.78, 5) is 18.3. The minimum Gasteiger partial charge on any atom is -0.378 e. The van der Waals surface area contributed by atoms with E-state index in [1.165, 1.54) is 6.92 Å². The van der Waals surface area contributed by atoms with E-state index in [0.29, 0.717) is 6.54 Å². The summed E-state index contributed by atoms with van der Waals surface area (Å²) in [6.07, 6.45) is 0. The van der Waals surface area contributed by atoms with Crippen molar-refractivity contribution in [2.45, 2.75) is 33.4 Å².